The molecule has 0 bridgehead atoms. The topological polar surface area (TPSA) is 88.9 Å². The molecule has 22 heavy (non-hydrogen) atoms. The second-order valence-corrected chi connectivity index (χ2v) is 6.26. The summed E-state index contributed by atoms with van der Waals surface area (Å²) in [5.74, 6) is 1.30. The summed E-state index contributed by atoms with van der Waals surface area (Å²) >= 11 is 0. The second kappa shape index (κ2) is 6.46. The minimum absolute atomic E-state index is 0.171. The van der Waals surface area contributed by atoms with Crippen LogP contribution in [-0.2, 0) is 22.6 Å². The van der Waals surface area contributed by atoms with E-state index in [0.29, 0.717) is 5.95 Å². The van der Waals surface area contributed by atoms with Crippen LogP contribution in [-0.4, -0.2) is 32.6 Å². The first kappa shape index (κ1) is 15.0. The summed E-state index contributed by atoms with van der Waals surface area (Å²) in [5, 5.41) is 13.9. The quantitative estimate of drug-likeness (QED) is 0.876. The summed E-state index contributed by atoms with van der Waals surface area (Å²) in [6.45, 7) is 2.29. The number of fused-ring (bicyclic) bond motifs is 1. The summed E-state index contributed by atoms with van der Waals surface area (Å²) < 4.78 is 1.97. The van der Waals surface area contributed by atoms with E-state index >= 15 is 0 Å². The Labute approximate surface area is 129 Å². The van der Waals surface area contributed by atoms with Gasteiger partial charge in [-0.1, -0.05) is 12.8 Å². The molecule has 7 nitrogen and oxygen atoms in total. The molecule has 0 spiro atoms. The van der Waals surface area contributed by atoms with E-state index in [1.165, 1.54) is 6.92 Å². The van der Waals surface area contributed by atoms with Gasteiger partial charge in [0.2, 0.25) is 17.8 Å². The van der Waals surface area contributed by atoms with Crippen LogP contribution in [0.4, 0.5) is 5.95 Å². The number of nitrogens with one attached hydrogen (secondary N) is 2. The van der Waals surface area contributed by atoms with Gasteiger partial charge in [-0.3, -0.25) is 19.5 Å². The molecule has 120 valence electrons. The van der Waals surface area contributed by atoms with Gasteiger partial charge in [0.15, 0.2) is 0 Å². The van der Waals surface area contributed by atoms with Crippen molar-refractivity contribution in [3.05, 3.63) is 5.82 Å². The van der Waals surface area contributed by atoms with Gasteiger partial charge in [-0.2, -0.15) is 0 Å². The Hall–Kier alpha value is -1.92. The molecular weight excluding hydrogens is 282 g/mol. The zero-order valence-electron chi connectivity index (χ0n) is 13.0. The van der Waals surface area contributed by atoms with Gasteiger partial charge in [0.25, 0.3) is 0 Å². The van der Waals surface area contributed by atoms with Crippen LogP contribution in [0.25, 0.3) is 0 Å². The van der Waals surface area contributed by atoms with Crippen molar-refractivity contribution >= 4 is 17.8 Å². The van der Waals surface area contributed by atoms with Crippen LogP contribution >= 0.6 is 0 Å². The number of rotatable bonds is 4. The highest BCUT2D eigenvalue weighted by atomic mass is 16.2. The monoisotopic (exact) mass is 305 g/mol. The molecule has 1 atom stereocenters. The first-order chi connectivity index (χ1) is 10.6. The van der Waals surface area contributed by atoms with E-state index in [2.05, 4.69) is 20.8 Å². The van der Waals surface area contributed by atoms with Crippen LogP contribution in [0.15, 0.2) is 0 Å². The highest BCUT2D eigenvalue weighted by molar-refractivity contribution is 5.96. The lowest BCUT2D eigenvalue weighted by atomic mass is 9.97. The molecule has 0 aromatic carbocycles. The molecule has 1 aromatic rings. The lowest BCUT2D eigenvalue weighted by molar-refractivity contribution is -0.126. The van der Waals surface area contributed by atoms with Gasteiger partial charge in [-0.05, 0) is 31.6 Å². The maximum Gasteiger partial charge on any atom is 0.249 e. The van der Waals surface area contributed by atoms with Crippen LogP contribution in [0.5, 0.6) is 0 Å². The average molecular weight is 305 g/mol. The van der Waals surface area contributed by atoms with Crippen molar-refractivity contribution in [1.82, 2.24) is 20.1 Å². The van der Waals surface area contributed by atoms with Gasteiger partial charge < -0.3 is 5.32 Å². The number of hydrogen-bond acceptors (Lipinski definition) is 4. The van der Waals surface area contributed by atoms with Crippen molar-refractivity contribution in [1.29, 1.82) is 0 Å². The highest BCUT2D eigenvalue weighted by Crippen LogP contribution is 2.28. The van der Waals surface area contributed by atoms with Gasteiger partial charge in [0.1, 0.15) is 11.9 Å². The first-order valence-corrected chi connectivity index (χ1v) is 8.15. The van der Waals surface area contributed by atoms with Gasteiger partial charge in [-0.15, -0.1) is 10.2 Å². The van der Waals surface area contributed by atoms with E-state index in [4.69, 9.17) is 0 Å². The molecule has 1 aliphatic carbocycles. The van der Waals surface area contributed by atoms with Crippen molar-refractivity contribution in [2.45, 2.75) is 64.5 Å². The average Bonchev–Trinajstić information content (AvgIpc) is 3.15. The van der Waals surface area contributed by atoms with Crippen molar-refractivity contribution in [3.8, 4) is 0 Å². The summed E-state index contributed by atoms with van der Waals surface area (Å²) in [4.78, 5) is 24.0. The normalized spacial score (nSPS) is 19.5. The molecule has 0 radical (unpaired) electrons. The number of aryl methyl sites for hydroxylation is 1. The highest BCUT2D eigenvalue weighted by Gasteiger charge is 2.32. The molecule has 2 amide bonds. The molecule has 2 aliphatic rings. The smallest absolute Gasteiger partial charge is 0.249 e. The number of hydrogen-bond donors (Lipinski definition) is 2. The Morgan fingerprint density at radius 1 is 1.18 bits per heavy atom. The van der Waals surface area contributed by atoms with Crippen LogP contribution in [0.1, 0.15) is 51.3 Å². The van der Waals surface area contributed by atoms with Crippen LogP contribution in [0.2, 0.25) is 0 Å². The molecule has 3 rings (SSSR count). The largest absolute Gasteiger partial charge is 0.344 e. The standard InChI is InChI=1S/C15H23N5O2/c1-10(21)16-13(11-6-2-3-7-11)14(22)17-15-19-18-12-8-4-5-9-20(12)15/h11,13H,2-9H2,1H3,(H,16,21)(H,17,19,22)/t13-/m1/s1. The van der Waals surface area contributed by atoms with Gasteiger partial charge in [0, 0.05) is 19.9 Å². The fraction of sp³-hybridized carbons (Fsp3) is 0.733. The molecule has 1 aliphatic heterocycles. The summed E-state index contributed by atoms with van der Waals surface area (Å²) in [6, 6.07) is -0.475. The van der Waals surface area contributed by atoms with Crippen molar-refractivity contribution in [2.75, 3.05) is 5.32 Å². The van der Waals surface area contributed by atoms with Gasteiger partial charge >= 0.3 is 0 Å². The number of amides is 2. The Morgan fingerprint density at radius 2 is 1.95 bits per heavy atom. The van der Waals surface area contributed by atoms with E-state index in [1.807, 2.05) is 4.57 Å². The molecule has 1 fully saturated rings. The lowest BCUT2D eigenvalue weighted by Gasteiger charge is -2.23. The number of nitrogens with zero attached hydrogens (tertiary/aromatic N) is 3. The third kappa shape index (κ3) is 3.13. The van der Waals surface area contributed by atoms with E-state index in [-0.39, 0.29) is 17.7 Å². The molecule has 0 unspecified atom stereocenters. The Balaban J connectivity index is 1.72. The molecular formula is C15H23N5O2. The molecule has 0 saturated heterocycles. The van der Waals surface area contributed by atoms with Crippen molar-refractivity contribution in [3.63, 3.8) is 0 Å². The predicted molar refractivity (Wildman–Crippen MR) is 81.2 cm³/mol. The minimum atomic E-state index is -0.475. The summed E-state index contributed by atoms with van der Waals surface area (Å²) in [5.41, 5.74) is 0. The van der Waals surface area contributed by atoms with Crippen molar-refractivity contribution < 1.29 is 9.59 Å². The molecule has 7 heteroatoms. The van der Waals surface area contributed by atoms with Crippen LogP contribution in [0, 0.1) is 5.92 Å². The third-order valence-corrected chi connectivity index (χ3v) is 4.61. The SMILES string of the molecule is CC(=O)N[C@@H](C(=O)Nc1nnc2n1CCCC2)C1CCCC1. The second-order valence-electron chi connectivity index (χ2n) is 6.26. The zero-order valence-corrected chi connectivity index (χ0v) is 13.0. The number of carbonyl (C=O) groups is 2. The van der Waals surface area contributed by atoms with E-state index in [0.717, 1.165) is 57.3 Å². The van der Waals surface area contributed by atoms with Crippen molar-refractivity contribution in [2.24, 2.45) is 5.92 Å². The number of anilines is 1. The molecule has 1 saturated carbocycles. The Kier molecular flexibility index (Phi) is 4.40. The molecule has 1 aromatic heterocycles. The third-order valence-electron chi connectivity index (χ3n) is 4.61. The maximum atomic E-state index is 12.6. The zero-order chi connectivity index (χ0) is 15.5. The maximum absolute atomic E-state index is 12.6. The van der Waals surface area contributed by atoms with Gasteiger partial charge in [0.05, 0.1) is 0 Å². The fourth-order valence-corrected chi connectivity index (χ4v) is 3.50. The lowest BCUT2D eigenvalue weighted by Crippen LogP contribution is -2.47. The van der Waals surface area contributed by atoms with E-state index in [9.17, 15) is 9.59 Å². The van der Waals surface area contributed by atoms with E-state index < -0.39 is 6.04 Å². The van der Waals surface area contributed by atoms with Gasteiger partial charge in [-0.25, -0.2) is 0 Å². The number of carbonyl (C=O) groups excluding carboxylic acids is 2. The molecule has 2 N–H and O–H groups in total. The number of aromatic nitrogens is 3. The first-order valence-electron chi connectivity index (χ1n) is 8.15. The Bertz CT molecular complexity index is 562. The summed E-state index contributed by atoms with van der Waals surface area (Å²) in [6.07, 6.45) is 7.30. The molecule has 2 heterocycles. The predicted octanol–water partition coefficient (Wildman–Crippen LogP) is 1.25. The van der Waals surface area contributed by atoms with Crippen LogP contribution < -0.4 is 10.6 Å². The Morgan fingerprint density at radius 3 is 2.68 bits per heavy atom. The summed E-state index contributed by atoms with van der Waals surface area (Å²) in [7, 11) is 0. The van der Waals surface area contributed by atoms with Crippen LogP contribution in [0.3, 0.4) is 0 Å². The fourth-order valence-electron chi connectivity index (χ4n) is 3.50. The minimum Gasteiger partial charge on any atom is -0.344 e. The van der Waals surface area contributed by atoms with E-state index in [1.54, 1.807) is 0 Å².